The Hall–Kier alpha value is -2.00. The van der Waals surface area contributed by atoms with Gasteiger partial charge in [0.25, 0.3) is 0 Å². The van der Waals surface area contributed by atoms with Crippen LogP contribution in [0.3, 0.4) is 0 Å². The molecule has 0 aromatic heterocycles. The number of carbonyl (C=O) groups is 2. The highest BCUT2D eigenvalue weighted by Gasteiger charge is 2.60. The van der Waals surface area contributed by atoms with E-state index in [9.17, 15) is 9.59 Å². The molecule has 4 atom stereocenters. The molecule has 2 saturated heterocycles. The molecule has 2 fully saturated rings. The number of imide groups is 1. The first-order valence-corrected chi connectivity index (χ1v) is 9.27. The molecule has 0 aromatic rings. The Morgan fingerprint density at radius 3 is 2.52 bits per heavy atom. The first kappa shape index (κ1) is 19.8. The van der Waals surface area contributed by atoms with Crippen LogP contribution in [0.4, 0.5) is 0 Å². The van der Waals surface area contributed by atoms with Crippen molar-refractivity contribution in [1.82, 2.24) is 10.2 Å². The van der Waals surface area contributed by atoms with E-state index in [4.69, 9.17) is 14.8 Å². The van der Waals surface area contributed by atoms with Crippen molar-refractivity contribution >= 4 is 18.9 Å². The van der Waals surface area contributed by atoms with Gasteiger partial charge in [-0.05, 0) is 12.5 Å². The van der Waals surface area contributed by atoms with Crippen LogP contribution in [0.25, 0.3) is 0 Å². The molecule has 2 amide bonds. The van der Waals surface area contributed by atoms with Crippen LogP contribution in [-0.2, 0) is 14.3 Å². The van der Waals surface area contributed by atoms with E-state index in [1.165, 1.54) is 4.90 Å². The second-order valence-corrected chi connectivity index (χ2v) is 6.89. The minimum Gasteiger partial charge on any atom is -0.427 e. The average Bonchev–Trinajstić information content (AvgIpc) is 3.31. The molecule has 7 nitrogen and oxygen atoms in total. The van der Waals surface area contributed by atoms with E-state index in [1.54, 1.807) is 6.08 Å². The van der Waals surface area contributed by atoms with Crippen LogP contribution < -0.4 is 5.32 Å². The molecule has 0 saturated carbocycles. The van der Waals surface area contributed by atoms with Gasteiger partial charge in [-0.3, -0.25) is 14.5 Å². The lowest BCUT2D eigenvalue weighted by atomic mass is 9.85. The molecular formula is C19H25BN2O5. The van der Waals surface area contributed by atoms with Crippen LogP contribution in [0.5, 0.6) is 0 Å². The largest absolute Gasteiger partial charge is 0.455 e. The SMILES string of the molecule is C\C=C/C=C(\C=C/CB(O)O)CNCCN1C(=O)C2C3C=CC(O3)C2C1=O. The monoisotopic (exact) mass is 372 g/mol. The smallest absolute Gasteiger partial charge is 0.427 e. The van der Waals surface area contributed by atoms with Gasteiger partial charge in [0.05, 0.1) is 24.0 Å². The molecule has 3 aliphatic rings. The van der Waals surface area contributed by atoms with Gasteiger partial charge in [-0.1, -0.05) is 42.5 Å². The molecule has 144 valence electrons. The Bertz CT molecular complexity index is 670. The minimum absolute atomic E-state index is 0.134. The van der Waals surface area contributed by atoms with Gasteiger partial charge in [0, 0.05) is 26.0 Å². The summed E-state index contributed by atoms with van der Waals surface area (Å²) >= 11 is 0. The van der Waals surface area contributed by atoms with Gasteiger partial charge in [-0.2, -0.15) is 0 Å². The number of fused-ring (bicyclic) bond motifs is 5. The highest BCUT2D eigenvalue weighted by Crippen LogP contribution is 2.44. The summed E-state index contributed by atoms with van der Waals surface area (Å²) in [6.07, 6.45) is 12.7. The fourth-order valence-electron chi connectivity index (χ4n) is 3.74. The van der Waals surface area contributed by atoms with Crippen LogP contribution in [0.1, 0.15) is 6.92 Å². The number of allylic oxidation sites excluding steroid dienone is 4. The van der Waals surface area contributed by atoms with Gasteiger partial charge in [-0.25, -0.2) is 0 Å². The maximum atomic E-state index is 12.5. The Morgan fingerprint density at radius 1 is 1.26 bits per heavy atom. The van der Waals surface area contributed by atoms with E-state index in [1.807, 2.05) is 43.4 Å². The zero-order chi connectivity index (χ0) is 19.4. The van der Waals surface area contributed by atoms with Crippen molar-refractivity contribution < 1.29 is 24.4 Å². The fourth-order valence-corrected chi connectivity index (χ4v) is 3.74. The number of hydrogen-bond donors (Lipinski definition) is 3. The Morgan fingerprint density at radius 2 is 1.93 bits per heavy atom. The van der Waals surface area contributed by atoms with Crippen LogP contribution >= 0.6 is 0 Å². The maximum Gasteiger partial charge on any atom is 0.455 e. The first-order chi connectivity index (χ1) is 13.0. The number of carbonyl (C=O) groups excluding carboxylic acids is 2. The molecule has 2 bridgehead atoms. The van der Waals surface area contributed by atoms with Crippen molar-refractivity contribution in [2.24, 2.45) is 11.8 Å². The molecule has 0 aromatic carbocycles. The molecule has 0 radical (unpaired) electrons. The third-order valence-corrected chi connectivity index (χ3v) is 5.02. The normalized spacial score (nSPS) is 29.7. The lowest BCUT2D eigenvalue weighted by Crippen LogP contribution is -2.39. The Balaban J connectivity index is 1.48. The van der Waals surface area contributed by atoms with E-state index >= 15 is 0 Å². The second kappa shape index (κ2) is 8.80. The van der Waals surface area contributed by atoms with Gasteiger partial charge < -0.3 is 20.1 Å². The standard InChI is InChI=1S/C19H25BN2O5/c1-2-3-5-13(6-4-9-20(25)26)12-21-10-11-22-18(23)16-14-7-8-15(27-14)17(16)19(22)24/h2-8,14-17,21,25-26H,9-12H2,1H3/b3-2-,6-4-,13-5+. The zero-order valence-electron chi connectivity index (χ0n) is 15.3. The fraction of sp³-hybridized carbons (Fsp3) is 0.474. The first-order valence-electron chi connectivity index (χ1n) is 9.27. The molecule has 3 heterocycles. The van der Waals surface area contributed by atoms with E-state index in [2.05, 4.69) is 5.32 Å². The highest BCUT2D eigenvalue weighted by molar-refractivity contribution is 6.41. The van der Waals surface area contributed by atoms with Gasteiger partial charge in [0.15, 0.2) is 0 Å². The molecule has 8 heteroatoms. The topological polar surface area (TPSA) is 99.1 Å². The number of hydrogen-bond acceptors (Lipinski definition) is 6. The van der Waals surface area contributed by atoms with Crippen molar-refractivity contribution in [2.45, 2.75) is 25.5 Å². The van der Waals surface area contributed by atoms with E-state index in [0.29, 0.717) is 19.6 Å². The van der Waals surface area contributed by atoms with Crippen molar-refractivity contribution in [3.8, 4) is 0 Å². The lowest BCUT2D eigenvalue weighted by Gasteiger charge is -2.17. The maximum absolute atomic E-state index is 12.5. The minimum atomic E-state index is -1.36. The average molecular weight is 372 g/mol. The Labute approximate surface area is 159 Å². The predicted molar refractivity (Wildman–Crippen MR) is 101 cm³/mol. The van der Waals surface area contributed by atoms with Crippen molar-refractivity contribution in [3.05, 3.63) is 48.1 Å². The number of rotatable bonds is 9. The van der Waals surface area contributed by atoms with Crippen LogP contribution in [0.15, 0.2) is 48.1 Å². The summed E-state index contributed by atoms with van der Waals surface area (Å²) in [6.45, 7) is 3.28. The molecule has 3 rings (SSSR count). The summed E-state index contributed by atoms with van der Waals surface area (Å²) in [7, 11) is -1.36. The summed E-state index contributed by atoms with van der Waals surface area (Å²) in [6, 6.07) is 0. The van der Waals surface area contributed by atoms with E-state index < -0.39 is 7.12 Å². The number of amides is 2. The number of nitrogens with one attached hydrogen (secondary N) is 1. The quantitative estimate of drug-likeness (QED) is 0.174. The van der Waals surface area contributed by atoms with Gasteiger partial charge in [-0.15, -0.1) is 0 Å². The lowest BCUT2D eigenvalue weighted by molar-refractivity contribution is -0.142. The van der Waals surface area contributed by atoms with Crippen LogP contribution in [0.2, 0.25) is 6.32 Å². The zero-order valence-corrected chi connectivity index (χ0v) is 15.3. The van der Waals surface area contributed by atoms with E-state index in [-0.39, 0.29) is 42.2 Å². The van der Waals surface area contributed by atoms with Gasteiger partial charge in [0.1, 0.15) is 0 Å². The second-order valence-electron chi connectivity index (χ2n) is 6.89. The molecule has 27 heavy (non-hydrogen) atoms. The summed E-state index contributed by atoms with van der Waals surface area (Å²) < 4.78 is 5.63. The van der Waals surface area contributed by atoms with E-state index in [0.717, 1.165) is 5.57 Å². The van der Waals surface area contributed by atoms with Crippen LogP contribution in [-0.4, -0.2) is 65.7 Å². The summed E-state index contributed by atoms with van der Waals surface area (Å²) in [4.78, 5) is 26.4. The molecule has 3 aliphatic heterocycles. The van der Waals surface area contributed by atoms with Crippen molar-refractivity contribution in [2.75, 3.05) is 19.6 Å². The van der Waals surface area contributed by atoms with Gasteiger partial charge >= 0.3 is 7.12 Å². The number of ether oxygens (including phenoxy) is 1. The molecule has 0 aliphatic carbocycles. The highest BCUT2D eigenvalue weighted by atomic mass is 16.5. The number of likely N-dealkylation sites (tertiary alicyclic amines) is 1. The molecule has 0 spiro atoms. The summed E-state index contributed by atoms with van der Waals surface area (Å²) in [5.41, 5.74) is 0.959. The third kappa shape index (κ3) is 4.30. The molecular weight excluding hydrogens is 347 g/mol. The Kier molecular flexibility index (Phi) is 6.44. The molecule has 4 unspecified atom stereocenters. The third-order valence-electron chi connectivity index (χ3n) is 5.02. The van der Waals surface area contributed by atoms with Crippen LogP contribution in [0, 0.1) is 11.8 Å². The summed E-state index contributed by atoms with van der Waals surface area (Å²) in [5, 5.41) is 21.0. The van der Waals surface area contributed by atoms with Crippen molar-refractivity contribution in [3.63, 3.8) is 0 Å². The summed E-state index contributed by atoms with van der Waals surface area (Å²) in [5.74, 6) is -0.980. The predicted octanol–water partition coefficient (Wildman–Crippen LogP) is 0.0459. The number of nitrogens with zero attached hydrogens (tertiary/aromatic N) is 1. The van der Waals surface area contributed by atoms with Gasteiger partial charge in [0.2, 0.25) is 11.8 Å². The van der Waals surface area contributed by atoms with Crippen molar-refractivity contribution in [1.29, 1.82) is 0 Å². The molecule has 3 N–H and O–H groups in total.